The highest BCUT2D eigenvalue weighted by Crippen LogP contribution is 2.26. The molecule has 134 valence electrons. The Hall–Kier alpha value is -3.49. The van der Waals surface area contributed by atoms with Crippen LogP contribution >= 0.6 is 0 Å². The molecular weight excluding hydrogens is 341 g/mol. The average Bonchev–Trinajstić information content (AvgIpc) is 2.59. The largest absolute Gasteiger partial charge is 0.368 e. The Morgan fingerprint density at radius 3 is 2.69 bits per heavy atom. The van der Waals surface area contributed by atoms with Crippen LogP contribution in [-0.2, 0) is 9.59 Å². The molecule has 0 saturated heterocycles. The summed E-state index contributed by atoms with van der Waals surface area (Å²) in [6.07, 6.45) is 1.34. The molecule has 0 aliphatic carbocycles. The van der Waals surface area contributed by atoms with Crippen LogP contribution in [0.3, 0.4) is 0 Å². The normalized spacial score (nSPS) is 14.2. The van der Waals surface area contributed by atoms with Gasteiger partial charge in [-0.3, -0.25) is 14.4 Å². The minimum Gasteiger partial charge on any atom is -0.368 e. The molecule has 8 nitrogen and oxygen atoms in total. The number of halogens is 1. The van der Waals surface area contributed by atoms with Crippen LogP contribution in [-0.4, -0.2) is 36.3 Å². The van der Waals surface area contributed by atoms with Crippen LogP contribution in [0, 0.1) is 5.82 Å². The van der Waals surface area contributed by atoms with Crippen LogP contribution in [0.4, 0.5) is 15.9 Å². The predicted octanol–water partition coefficient (Wildman–Crippen LogP) is 0.565. The van der Waals surface area contributed by atoms with Crippen molar-refractivity contribution in [3.05, 3.63) is 53.5 Å². The molecule has 4 N–H and O–H groups in total. The Balaban J connectivity index is 1.84. The highest BCUT2D eigenvalue weighted by molar-refractivity contribution is 6.03. The zero-order chi connectivity index (χ0) is 18.8. The van der Waals surface area contributed by atoms with Gasteiger partial charge >= 0.3 is 0 Å². The molecule has 26 heavy (non-hydrogen) atoms. The molecule has 0 saturated carbocycles. The number of hydrogen-bond donors (Lipinski definition) is 3. The number of hydrogen-bond acceptors (Lipinski definition) is 5. The van der Waals surface area contributed by atoms with Crippen molar-refractivity contribution in [3.8, 4) is 0 Å². The number of nitrogens with one attached hydrogen (secondary N) is 2. The van der Waals surface area contributed by atoms with Crippen LogP contribution in [0.15, 0.2) is 36.5 Å². The Bertz CT molecular complexity index is 884. The van der Waals surface area contributed by atoms with E-state index >= 15 is 0 Å². The summed E-state index contributed by atoms with van der Waals surface area (Å²) in [4.78, 5) is 41.6. The van der Waals surface area contributed by atoms with Gasteiger partial charge in [-0.1, -0.05) is 12.1 Å². The third kappa shape index (κ3) is 3.46. The first kappa shape index (κ1) is 17.3. The highest BCUT2D eigenvalue weighted by Gasteiger charge is 2.24. The maximum absolute atomic E-state index is 13.1. The number of aromatic nitrogens is 1. The molecular formula is C17H16FN5O3. The minimum atomic E-state index is -1.13. The number of benzene rings is 1. The molecule has 0 radical (unpaired) electrons. The fraction of sp³-hybridized carbons (Fsp3) is 0.176. The first-order valence-electron chi connectivity index (χ1n) is 7.72. The summed E-state index contributed by atoms with van der Waals surface area (Å²) in [7, 11) is 1.71. The van der Waals surface area contributed by atoms with E-state index in [9.17, 15) is 18.8 Å². The second-order valence-corrected chi connectivity index (χ2v) is 5.86. The Kier molecular flexibility index (Phi) is 4.53. The number of carbonyl (C=O) groups is 3. The standard InChI is InChI=1S/C17H16FN5O3/c1-23-8-13(24)21-12-6-10(7-20-16(12)23)17(26)22-14(15(19)25)9-2-4-11(18)5-3-9/h2-7,14H,8H2,1H3,(H2,19,25)(H,21,24)(H,22,26). The summed E-state index contributed by atoms with van der Waals surface area (Å²) < 4.78 is 13.1. The molecule has 2 heterocycles. The van der Waals surface area contributed by atoms with Gasteiger partial charge in [0.25, 0.3) is 5.91 Å². The molecule has 3 rings (SSSR count). The van der Waals surface area contributed by atoms with E-state index in [1.54, 1.807) is 11.9 Å². The summed E-state index contributed by atoms with van der Waals surface area (Å²) in [6, 6.07) is 5.41. The lowest BCUT2D eigenvalue weighted by atomic mass is 10.1. The SMILES string of the molecule is CN1CC(=O)Nc2cc(C(=O)NC(C(N)=O)c3ccc(F)cc3)cnc21. The van der Waals surface area contributed by atoms with Gasteiger partial charge in [0, 0.05) is 13.2 Å². The van der Waals surface area contributed by atoms with E-state index in [-0.39, 0.29) is 18.0 Å². The third-order valence-corrected chi connectivity index (χ3v) is 3.91. The molecule has 1 unspecified atom stereocenters. The van der Waals surface area contributed by atoms with E-state index in [4.69, 9.17) is 5.73 Å². The number of anilines is 2. The van der Waals surface area contributed by atoms with Gasteiger partial charge in [0.05, 0.1) is 17.8 Å². The molecule has 0 bridgehead atoms. The van der Waals surface area contributed by atoms with Gasteiger partial charge in [0.2, 0.25) is 11.8 Å². The van der Waals surface area contributed by atoms with Crippen molar-refractivity contribution in [3.63, 3.8) is 0 Å². The van der Waals surface area contributed by atoms with Crippen molar-refractivity contribution in [1.29, 1.82) is 0 Å². The van der Waals surface area contributed by atoms with Crippen LogP contribution < -0.4 is 21.3 Å². The fourth-order valence-corrected chi connectivity index (χ4v) is 2.65. The molecule has 3 amide bonds. The predicted molar refractivity (Wildman–Crippen MR) is 91.9 cm³/mol. The van der Waals surface area contributed by atoms with E-state index in [2.05, 4.69) is 15.6 Å². The molecule has 0 fully saturated rings. The summed E-state index contributed by atoms with van der Waals surface area (Å²) in [5.41, 5.74) is 6.25. The smallest absolute Gasteiger partial charge is 0.253 e. The second kappa shape index (κ2) is 6.79. The van der Waals surface area contributed by atoms with Gasteiger partial charge in [-0.05, 0) is 23.8 Å². The summed E-state index contributed by atoms with van der Waals surface area (Å²) >= 11 is 0. The lowest BCUT2D eigenvalue weighted by Crippen LogP contribution is -2.38. The van der Waals surface area contributed by atoms with Crippen LogP contribution in [0.25, 0.3) is 0 Å². The van der Waals surface area contributed by atoms with Crippen molar-refractivity contribution in [2.75, 3.05) is 23.8 Å². The third-order valence-electron chi connectivity index (χ3n) is 3.91. The van der Waals surface area contributed by atoms with E-state index < -0.39 is 23.7 Å². The van der Waals surface area contributed by atoms with Gasteiger partial charge in [-0.2, -0.15) is 0 Å². The maximum Gasteiger partial charge on any atom is 0.253 e. The van der Waals surface area contributed by atoms with Crippen molar-refractivity contribution in [2.45, 2.75) is 6.04 Å². The quantitative estimate of drug-likeness (QED) is 0.739. The van der Waals surface area contributed by atoms with Crippen LogP contribution in [0.2, 0.25) is 0 Å². The molecule has 1 atom stereocenters. The molecule has 9 heteroatoms. The lowest BCUT2D eigenvalue weighted by molar-refractivity contribution is -0.120. The minimum absolute atomic E-state index is 0.146. The van der Waals surface area contributed by atoms with Crippen molar-refractivity contribution in [2.24, 2.45) is 5.73 Å². The summed E-state index contributed by atoms with van der Waals surface area (Å²) in [5, 5.41) is 5.14. The highest BCUT2D eigenvalue weighted by atomic mass is 19.1. The summed E-state index contributed by atoms with van der Waals surface area (Å²) in [5.74, 6) is -1.55. The molecule has 1 aliphatic heterocycles. The number of rotatable bonds is 4. The number of likely N-dealkylation sites (N-methyl/N-ethyl adjacent to an activating group) is 1. The molecule has 2 aromatic rings. The lowest BCUT2D eigenvalue weighted by Gasteiger charge is -2.26. The van der Waals surface area contributed by atoms with E-state index in [0.29, 0.717) is 17.1 Å². The molecule has 0 spiro atoms. The fourth-order valence-electron chi connectivity index (χ4n) is 2.65. The van der Waals surface area contributed by atoms with E-state index in [1.807, 2.05) is 0 Å². The molecule has 1 aliphatic rings. The van der Waals surface area contributed by atoms with E-state index in [0.717, 1.165) is 0 Å². The number of nitrogens with two attached hydrogens (primary N) is 1. The Morgan fingerprint density at radius 2 is 2.04 bits per heavy atom. The Morgan fingerprint density at radius 1 is 1.35 bits per heavy atom. The molecule has 1 aromatic heterocycles. The van der Waals surface area contributed by atoms with Crippen molar-refractivity contribution < 1.29 is 18.8 Å². The van der Waals surface area contributed by atoms with Gasteiger partial charge in [-0.25, -0.2) is 9.37 Å². The number of nitrogens with zero attached hydrogens (tertiary/aromatic N) is 2. The van der Waals surface area contributed by atoms with Gasteiger partial charge in [0.15, 0.2) is 5.82 Å². The second-order valence-electron chi connectivity index (χ2n) is 5.86. The maximum atomic E-state index is 13.1. The van der Waals surface area contributed by atoms with Gasteiger partial charge < -0.3 is 21.3 Å². The van der Waals surface area contributed by atoms with Crippen molar-refractivity contribution >= 4 is 29.2 Å². The zero-order valence-corrected chi connectivity index (χ0v) is 13.8. The zero-order valence-electron chi connectivity index (χ0n) is 13.8. The van der Waals surface area contributed by atoms with E-state index in [1.165, 1.54) is 36.5 Å². The number of carbonyl (C=O) groups excluding carboxylic acids is 3. The number of primary amides is 1. The van der Waals surface area contributed by atoms with Crippen molar-refractivity contribution in [1.82, 2.24) is 10.3 Å². The first-order valence-corrected chi connectivity index (χ1v) is 7.72. The number of fused-ring (bicyclic) bond motifs is 1. The van der Waals surface area contributed by atoms with Gasteiger partial charge in [0.1, 0.15) is 11.9 Å². The Labute approximate surface area is 148 Å². The number of amides is 3. The average molecular weight is 357 g/mol. The number of pyridine rings is 1. The van der Waals surface area contributed by atoms with Crippen LogP contribution in [0.5, 0.6) is 0 Å². The topological polar surface area (TPSA) is 117 Å². The van der Waals surface area contributed by atoms with Crippen LogP contribution in [0.1, 0.15) is 22.0 Å². The first-order chi connectivity index (χ1) is 12.3. The monoisotopic (exact) mass is 357 g/mol. The van der Waals surface area contributed by atoms with Gasteiger partial charge in [-0.15, -0.1) is 0 Å². The summed E-state index contributed by atoms with van der Waals surface area (Å²) in [6.45, 7) is 0.167. The molecule has 1 aromatic carbocycles.